The topological polar surface area (TPSA) is 29.1 Å². The molecule has 0 unspecified atom stereocenters. The Bertz CT molecular complexity index is 506. The number of rotatable bonds is 3. The lowest BCUT2D eigenvalue weighted by molar-refractivity contribution is 0.0951. The number of hydrogen-bond donors (Lipinski definition) is 1. The predicted molar refractivity (Wildman–Crippen MR) is 75.2 cm³/mol. The molecular weight excluding hydrogens is 374 g/mol. The smallest absolute Gasteiger partial charge is 0.252 e. The highest BCUT2D eigenvalue weighted by Gasteiger charge is 2.08. The first-order valence-corrected chi connectivity index (χ1v) is 7.75. The fourth-order valence-electron chi connectivity index (χ4n) is 1.14. The predicted octanol–water partition coefficient (Wildman–Crippen LogP) is 4.26. The SMILES string of the molecule is O=C(NCc1sccc1Br)c1csc(Br)c1. The average molecular weight is 381 g/mol. The van der Waals surface area contributed by atoms with Gasteiger partial charge in [-0.15, -0.1) is 22.7 Å². The van der Waals surface area contributed by atoms with Gasteiger partial charge >= 0.3 is 0 Å². The maximum Gasteiger partial charge on any atom is 0.252 e. The Hall–Kier alpha value is -0.170. The van der Waals surface area contributed by atoms with E-state index in [9.17, 15) is 4.79 Å². The van der Waals surface area contributed by atoms with Crippen LogP contribution in [0.25, 0.3) is 0 Å². The standard InChI is InChI=1S/C10H7Br2NOS2/c11-7-1-2-15-8(7)4-13-10(14)6-3-9(12)16-5-6/h1-3,5H,4H2,(H,13,14). The van der Waals surface area contributed by atoms with E-state index in [2.05, 4.69) is 37.2 Å². The number of halogens is 2. The van der Waals surface area contributed by atoms with Crippen LogP contribution in [0, 0.1) is 0 Å². The van der Waals surface area contributed by atoms with Gasteiger partial charge in [0.05, 0.1) is 15.9 Å². The zero-order valence-electron chi connectivity index (χ0n) is 8.00. The van der Waals surface area contributed by atoms with E-state index >= 15 is 0 Å². The van der Waals surface area contributed by atoms with Gasteiger partial charge < -0.3 is 5.32 Å². The van der Waals surface area contributed by atoms with Crippen LogP contribution in [0.4, 0.5) is 0 Å². The first-order chi connectivity index (χ1) is 7.66. The lowest BCUT2D eigenvalue weighted by Crippen LogP contribution is -2.21. The normalized spacial score (nSPS) is 10.4. The molecule has 0 spiro atoms. The Morgan fingerprint density at radius 3 is 2.75 bits per heavy atom. The molecule has 1 N–H and O–H groups in total. The molecule has 2 nitrogen and oxygen atoms in total. The monoisotopic (exact) mass is 379 g/mol. The Balaban J connectivity index is 1.96. The summed E-state index contributed by atoms with van der Waals surface area (Å²) in [6.45, 7) is 0.560. The molecule has 0 saturated heterocycles. The minimum Gasteiger partial charge on any atom is -0.347 e. The molecule has 2 aromatic rings. The molecule has 84 valence electrons. The molecule has 2 aromatic heterocycles. The van der Waals surface area contributed by atoms with Gasteiger partial charge in [-0.25, -0.2) is 0 Å². The Morgan fingerprint density at radius 1 is 1.38 bits per heavy atom. The van der Waals surface area contributed by atoms with Gasteiger partial charge in [-0.1, -0.05) is 0 Å². The Kier molecular flexibility index (Phi) is 4.18. The van der Waals surface area contributed by atoms with E-state index in [0.717, 1.165) is 13.1 Å². The number of carbonyl (C=O) groups is 1. The molecule has 6 heteroatoms. The zero-order chi connectivity index (χ0) is 11.5. The first kappa shape index (κ1) is 12.3. The van der Waals surface area contributed by atoms with Crippen molar-refractivity contribution >= 4 is 60.4 Å². The van der Waals surface area contributed by atoms with Crippen molar-refractivity contribution in [3.8, 4) is 0 Å². The fourth-order valence-corrected chi connectivity index (χ4v) is 3.71. The van der Waals surface area contributed by atoms with Crippen LogP contribution >= 0.6 is 54.5 Å². The van der Waals surface area contributed by atoms with Crippen molar-refractivity contribution in [3.05, 3.63) is 41.6 Å². The van der Waals surface area contributed by atoms with E-state index in [4.69, 9.17) is 0 Å². The van der Waals surface area contributed by atoms with Crippen molar-refractivity contribution < 1.29 is 4.79 Å². The second-order valence-electron chi connectivity index (χ2n) is 3.01. The maximum absolute atomic E-state index is 11.7. The van der Waals surface area contributed by atoms with Crippen LogP contribution in [0.1, 0.15) is 15.2 Å². The van der Waals surface area contributed by atoms with Crippen molar-refractivity contribution in [2.24, 2.45) is 0 Å². The minimum atomic E-state index is -0.0396. The van der Waals surface area contributed by atoms with Gasteiger partial charge in [-0.2, -0.15) is 0 Å². The molecule has 0 aliphatic rings. The van der Waals surface area contributed by atoms with Crippen LogP contribution in [0.15, 0.2) is 31.2 Å². The minimum absolute atomic E-state index is 0.0396. The summed E-state index contributed by atoms with van der Waals surface area (Å²) in [6.07, 6.45) is 0. The second kappa shape index (κ2) is 5.44. The highest BCUT2D eigenvalue weighted by Crippen LogP contribution is 2.23. The highest BCUT2D eigenvalue weighted by atomic mass is 79.9. The van der Waals surface area contributed by atoms with Gasteiger partial charge in [-0.05, 0) is 49.4 Å². The van der Waals surface area contributed by atoms with E-state index < -0.39 is 0 Å². The molecular formula is C10H7Br2NOS2. The molecule has 0 atom stereocenters. The summed E-state index contributed by atoms with van der Waals surface area (Å²) in [5, 5.41) is 6.71. The molecule has 2 rings (SSSR count). The summed E-state index contributed by atoms with van der Waals surface area (Å²) in [7, 11) is 0. The number of thiophene rings is 2. The van der Waals surface area contributed by atoms with Crippen molar-refractivity contribution in [3.63, 3.8) is 0 Å². The maximum atomic E-state index is 11.7. The first-order valence-electron chi connectivity index (χ1n) is 4.41. The van der Waals surface area contributed by atoms with Crippen molar-refractivity contribution in [1.82, 2.24) is 5.32 Å². The quantitative estimate of drug-likeness (QED) is 0.846. The van der Waals surface area contributed by atoms with Gasteiger partial charge in [-0.3, -0.25) is 4.79 Å². The zero-order valence-corrected chi connectivity index (χ0v) is 12.8. The molecule has 0 saturated carbocycles. The van der Waals surface area contributed by atoms with E-state index in [1.165, 1.54) is 11.3 Å². The number of hydrogen-bond acceptors (Lipinski definition) is 3. The lowest BCUT2D eigenvalue weighted by Gasteiger charge is -2.01. The van der Waals surface area contributed by atoms with E-state index in [1.54, 1.807) is 11.3 Å². The third kappa shape index (κ3) is 2.94. The molecule has 0 aromatic carbocycles. The van der Waals surface area contributed by atoms with E-state index in [0.29, 0.717) is 12.1 Å². The van der Waals surface area contributed by atoms with Crippen molar-refractivity contribution in [1.29, 1.82) is 0 Å². The van der Waals surface area contributed by atoms with Gasteiger partial charge in [0, 0.05) is 14.7 Å². The van der Waals surface area contributed by atoms with Crippen LogP contribution in [-0.4, -0.2) is 5.91 Å². The molecule has 0 radical (unpaired) electrons. The molecule has 16 heavy (non-hydrogen) atoms. The summed E-state index contributed by atoms with van der Waals surface area (Å²) < 4.78 is 2.01. The number of amides is 1. The molecule has 0 aliphatic carbocycles. The Morgan fingerprint density at radius 2 is 2.19 bits per heavy atom. The molecule has 0 aliphatic heterocycles. The Labute approximate surface area is 118 Å². The molecule has 0 bridgehead atoms. The van der Waals surface area contributed by atoms with Crippen LogP contribution < -0.4 is 5.32 Å². The van der Waals surface area contributed by atoms with Gasteiger partial charge in [0.2, 0.25) is 0 Å². The van der Waals surface area contributed by atoms with Gasteiger partial charge in [0.15, 0.2) is 0 Å². The second-order valence-corrected chi connectivity index (χ2v) is 7.16. The highest BCUT2D eigenvalue weighted by molar-refractivity contribution is 9.11. The van der Waals surface area contributed by atoms with Gasteiger partial charge in [0.25, 0.3) is 5.91 Å². The van der Waals surface area contributed by atoms with Crippen LogP contribution in [0.5, 0.6) is 0 Å². The van der Waals surface area contributed by atoms with Crippen molar-refractivity contribution in [2.45, 2.75) is 6.54 Å². The van der Waals surface area contributed by atoms with E-state index in [1.807, 2.05) is 22.9 Å². The van der Waals surface area contributed by atoms with Crippen molar-refractivity contribution in [2.75, 3.05) is 0 Å². The van der Waals surface area contributed by atoms with Gasteiger partial charge in [0.1, 0.15) is 0 Å². The lowest BCUT2D eigenvalue weighted by atomic mass is 10.3. The fraction of sp³-hybridized carbons (Fsp3) is 0.100. The average Bonchev–Trinajstić information content (AvgIpc) is 2.84. The van der Waals surface area contributed by atoms with Crippen LogP contribution in [-0.2, 0) is 6.54 Å². The van der Waals surface area contributed by atoms with Crippen LogP contribution in [0.2, 0.25) is 0 Å². The summed E-state index contributed by atoms with van der Waals surface area (Å²) in [5.74, 6) is -0.0396. The van der Waals surface area contributed by atoms with Crippen LogP contribution in [0.3, 0.4) is 0 Å². The summed E-state index contributed by atoms with van der Waals surface area (Å²) in [4.78, 5) is 12.9. The third-order valence-electron chi connectivity index (χ3n) is 1.93. The summed E-state index contributed by atoms with van der Waals surface area (Å²) >= 11 is 9.90. The number of nitrogens with one attached hydrogen (secondary N) is 1. The summed E-state index contributed by atoms with van der Waals surface area (Å²) in [5.41, 5.74) is 0.699. The summed E-state index contributed by atoms with van der Waals surface area (Å²) in [6, 6.07) is 3.80. The largest absolute Gasteiger partial charge is 0.347 e. The molecule has 2 heterocycles. The van der Waals surface area contributed by atoms with E-state index in [-0.39, 0.29) is 5.91 Å². The number of carbonyl (C=O) groups excluding carboxylic acids is 1. The third-order valence-corrected chi connectivity index (χ3v) is 5.36. The molecule has 0 fully saturated rings. The molecule has 1 amide bonds.